The van der Waals surface area contributed by atoms with Gasteiger partial charge in [0.2, 0.25) is 17.6 Å². The number of piperidine rings is 1. The number of likely N-dealkylation sites (N-methyl/N-ethyl adjacent to an activating group) is 1. The Labute approximate surface area is 282 Å². The van der Waals surface area contributed by atoms with Crippen molar-refractivity contribution < 1.29 is 32.4 Å². The summed E-state index contributed by atoms with van der Waals surface area (Å²) in [4.78, 5) is 68.1. The molecule has 0 aromatic rings. The van der Waals surface area contributed by atoms with E-state index in [4.69, 9.17) is 23.2 Å². The van der Waals surface area contributed by atoms with Gasteiger partial charge < -0.3 is 26.2 Å². The zero-order chi connectivity index (χ0) is 34.2. The number of fused-ring (bicyclic) bond motifs is 1. The van der Waals surface area contributed by atoms with Crippen LogP contribution in [-0.4, -0.2) is 95.4 Å². The topological polar surface area (TPSA) is 171 Å². The lowest BCUT2D eigenvalue weighted by Gasteiger charge is -2.43. The van der Waals surface area contributed by atoms with Crippen LogP contribution in [-0.2, 0) is 29.0 Å². The van der Waals surface area contributed by atoms with E-state index in [1.807, 2.05) is 6.92 Å². The molecule has 2 saturated carbocycles. The second kappa shape index (κ2) is 13.8. The van der Waals surface area contributed by atoms with Crippen LogP contribution in [0, 0.1) is 17.3 Å². The van der Waals surface area contributed by atoms with Crippen molar-refractivity contribution in [2.24, 2.45) is 17.3 Å². The van der Waals surface area contributed by atoms with E-state index in [1.165, 1.54) is 11.9 Å². The molecule has 12 nitrogen and oxygen atoms in total. The predicted molar refractivity (Wildman–Crippen MR) is 175 cm³/mol. The van der Waals surface area contributed by atoms with Crippen LogP contribution < -0.4 is 21.3 Å². The molecule has 4 rings (SSSR count). The SMILES string of the molecule is CCCCC(NC(=O)C1C2C(CN1C(=O)C(NC(=O)NC1(C3CCCS3(=O)=O)CCCCC1)C(C)(C)C)C2(Cl)Cl)C(=O)C(=O)NC. The minimum Gasteiger partial charge on any atom is -0.353 e. The number of urea groups is 1. The number of hydrogen-bond acceptors (Lipinski definition) is 7. The van der Waals surface area contributed by atoms with Crippen molar-refractivity contribution in [3.05, 3.63) is 0 Å². The van der Waals surface area contributed by atoms with Crippen molar-refractivity contribution >= 4 is 62.6 Å². The molecule has 260 valence electrons. The number of carbonyl (C=O) groups is 5. The first-order valence-electron chi connectivity index (χ1n) is 16.5. The van der Waals surface area contributed by atoms with Crippen molar-refractivity contribution in [1.29, 1.82) is 0 Å². The number of unbranched alkanes of at least 4 members (excludes halogenated alkanes) is 1. The first kappa shape index (κ1) is 36.7. The summed E-state index contributed by atoms with van der Waals surface area (Å²) in [6, 6.07) is -3.95. The van der Waals surface area contributed by atoms with E-state index in [1.54, 1.807) is 20.8 Å². The maximum atomic E-state index is 14.3. The number of halogens is 2. The second-order valence-electron chi connectivity index (χ2n) is 14.5. The van der Waals surface area contributed by atoms with Crippen molar-refractivity contribution in [3.8, 4) is 0 Å². The minimum absolute atomic E-state index is 0.0672. The maximum absolute atomic E-state index is 14.3. The van der Waals surface area contributed by atoms with E-state index in [-0.39, 0.29) is 18.7 Å². The van der Waals surface area contributed by atoms with E-state index < -0.39 is 89.9 Å². The number of hydrogen-bond donors (Lipinski definition) is 4. The first-order chi connectivity index (χ1) is 21.4. The predicted octanol–water partition coefficient (Wildman–Crippen LogP) is 2.60. The lowest BCUT2D eigenvalue weighted by molar-refractivity contribution is -0.144. The average molecular weight is 707 g/mol. The fourth-order valence-corrected chi connectivity index (χ4v) is 10.9. The summed E-state index contributed by atoms with van der Waals surface area (Å²) in [6.07, 6.45) is 6.21. The molecule has 4 fully saturated rings. The lowest BCUT2D eigenvalue weighted by Crippen LogP contribution is -2.65. The van der Waals surface area contributed by atoms with Crippen LogP contribution in [0.1, 0.15) is 91.9 Å². The highest BCUT2D eigenvalue weighted by Gasteiger charge is 2.74. The molecule has 2 aliphatic carbocycles. The summed E-state index contributed by atoms with van der Waals surface area (Å²) < 4.78 is 24.7. The van der Waals surface area contributed by atoms with E-state index in [9.17, 15) is 32.4 Å². The number of sulfone groups is 1. The molecular formula is C31H49Cl2N5O7S. The number of carbonyl (C=O) groups excluding carboxylic acids is 5. The van der Waals surface area contributed by atoms with Gasteiger partial charge in [-0.1, -0.05) is 59.8 Å². The van der Waals surface area contributed by atoms with Gasteiger partial charge in [-0.15, -0.1) is 23.2 Å². The number of alkyl halides is 2. The standard InChI is InChI=1S/C31H49Cl2N5O7S/c1-6-7-12-19(23(39)26(41)34-5)35-25(40)22-21-18(31(21,32)33)17-38(22)27(42)24(29(2,3)4)36-28(43)37-30(14-9-8-10-15-30)20-13-11-16-46(20,44)45/h18-22,24H,6-17H2,1-5H3,(H,34,41)(H,35,40)(H2,36,37,43). The molecular weight excluding hydrogens is 657 g/mol. The number of amides is 5. The molecule has 4 aliphatic rings. The molecule has 46 heavy (non-hydrogen) atoms. The number of rotatable bonds is 11. The molecule has 6 unspecified atom stereocenters. The Bertz CT molecular complexity index is 1330. The van der Waals surface area contributed by atoms with Gasteiger partial charge in [-0.05, 0) is 37.5 Å². The van der Waals surface area contributed by atoms with Crippen molar-refractivity contribution in [2.75, 3.05) is 19.3 Å². The van der Waals surface area contributed by atoms with Gasteiger partial charge in [-0.25, -0.2) is 13.2 Å². The number of nitrogens with one attached hydrogen (secondary N) is 4. The Morgan fingerprint density at radius 1 is 1.00 bits per heavy atom. The van der Waals surface area contributed by atoms with Crippen LogP contribution in [0.4, 0.5) is 4.79 Å². The van der Waals surface area contributed by atoms with E-state index in [0.717, 1.165) is 25.7 Å². The van der Waals surface area contributed by atoms with E-state index in [0.29, 0.717) is 32.1 Å². The molecule has 0 radical (unpaired) electrons. The minimum atomic E-state index is -3.37. The lowest BCUT2D eigenvalue weighted by atomic mass is 9.78. The molecule has 0 bridgehead atoms. The monoisotopic (exact) mass is 705 g/mol. The number of Topliss-reactive ketones (excluding diaryl/α,β-unsaturated/α-hetero) is 1. The molecule has 15 heteroatoms. The summed E-state index contributed by atoms with van der Waals surface area (Å²) in [6.45, 7) is 7.35. The van der Waals surface area contributed by atoms with E-state index >= 15 is 0 Å². The molecule has 4 N–H and O–H groups in total. The quantitative estimate of drug-likeness (QED) is 0.189. The molecule has 2 saturated heterocycles. The van der Waals surface area contributed by atoms with Crippen LogP contribution in [0.25, 0.3) is 0 Å². The summed E-state index contributed by atoms with van der Waals surface area (Å²) >= 11 is 13.0. The second-order valence-corrected chi connectivity index (χ2v) is 18.2. The van der Waals surface area contributed by atoms with Crippen LogP contribution in [0.15, 0.2) is 0 Å². The van der Waals surface area contributed by atoms with Crippen molar-refractivity contribution in [1.82, 2.24) is 26.2 Å². The first-order valence-corrected chi connectivity index (χ1v) is 18.9. The molecule has 2 heterocycles. The van der Waals surface area contributed by atoms with Gasteiger partial charge >= 0.3 is 6.03 Å². The van der Waals surface area contributed by atoms with Gasteiger partial charge in [0.05, 0.1) is 22.6 Å². The van der Waals surface area contributed by atoms with Gasteiger partial charge in [-0.2, -0.15) is 0 Å². The Hall–Kier alpha value is -2.12. The Morgan fingerprint density at radius 3 is 2.20 bits per heavy atom. The Kier molecular flexibility index (Phi) is 11.0. The van der Waals surface area contributed by atoms with Crippen molar-refractivity contribution in [2.45, 2.75) is 125 Å². The number of nitrogens with zero attached hydrogens (tertiary/aromatic N) is 1. The van der Waals surface area contributed by atoms with Gasteiger partial charge in [-0.3, -0.25) is 19.2 Å². The third kappa shape index (κ3) is 7.31. The van der Waals surface area contributed by atoms with Gasteiger partial charge in [0.1, 0.15) is 16.4 Å². The molecule has 2 aliphatic heterocycles. The summed E-state index contributed by atoms with van der Waals surface area (Å²) in [5, 5.41) is 10.2. The summed E-state index contributed by atoms with van der Waals surface area (Å²) in [5.74, 6) is -3.69. The Morgan fingerprint density at radius 2 is 1.65 bits per heavy atom. The third-order valence-corrected chi connectivity index (χ3v) is 13.7. The van der Waals surface area contributed by atoms with Crippen molar-refractivity contribution in [3.63, 3.8) is 0 Å². The highest BCUT2D eigenvalue weighted by Crippen LogP contribution is 2.65. The van der Waals surface area contributed by atoms with Crippen LogP contribution >= 0.6 is 23.2 Å². The van der Waals surface area contributed by atoms with Gasteiger partial charge in [0.25, 0.3) is 5.91 Å². The largest absolute Gasteiger partial charge is 0.353 e. The fourth-order valence-electron chi connectivity index (χ4n) is 7.68. The van der Waals surface area contributed by atoms with Gasteiger partial charge in [0.15, 0.2) is 9.84 Å². The summed E-state index contributed by atoms with van der Waals surface area (Å²) in [7, 11) is -2.04. The van der Waals surface area contributed by atoms with Crippen LogP contribution in [0.5, 0.6) is 0 Å². The fraction of sp³-hybridized carbons (Fsp3) is 0.839. The summed E-state index contributed by atoms with van der Waals surface area (Å²) in [5.41, 5.74) is -1.72. The number of ketones is 1. The zero-order valence-electron chi connectivity index (χ0n) is 27.4. The van der Waals surface area contributed by atoms with Crippen LogP contribution in [0.3, 0.4) is 0 Å². The average Bonchev–Trinajstić information content (AvgIpc) is 3.30. The third-order valence-electron chi connectivity index (χ3n) is 10.3. The molecule has 0 aromatic heterocycles. The highest BCUT2D eigenvalue weighted by molar-refractivity contribution is 7.92. The molecule has 6 atom stereocenters. The van der Waals surface area contributed by atoms with E-state index in [2.05, 4.69) is 21.3 Å². The normalized spacial score (nSPS) is 28.7. The van der Waals surface area contributed by atoms with Gasteiger partial charge in [0, 0.05) is 25.4 Å². The smallest absolute Gasteiger partial charge is 0.315 e. The maximum Gasteiger partial charge on any atom is 0.315 e. The number of likely N-dealkylation sites (tertiary alicyclic amines) is 1. The molecule has 0 aromatic carbocycles. The molecule has 0 spiro atoms. The highest BCUT2D eigenvalue weighted by atomic mass is 35.5. The van der Waals surface area contributed by atoms with Crippen LogP contribution in [0.2, 0.25) is 0 Å². The Balaban J connectivity index is 1.56. The molecule has 5 amide bonds. The zero-order valence-corrected chi connectivity index (χ0v) is 29.7.